The fourth-order valence-corrected chi connectivity index (χ4v) is 2.75. The smallest absolute Gasteiger partial charge is 0.268 e. The molecule has 3 rings (SSSR count). The van der Waals surface area contributed by atoms with Gasteiger partial charge in [0.25, 0.3) is 5.91 Å². The molecule has 0 radical (unpaired) electrons. The van der Waals surface area contributed by atoms with Crippen LogP contribution in [0.1, 0.15) is 36.3 Å². The molecule has 0 aromatic carbocycles. The lowest BCUT2D eigenvalue weighted by Gasteiger charge is -2.15. The van der Waals surface area contributed by atoms with E-state index in [1.54, 1.807) is 6.20 Å². The van der Waals surface area contributed by atoms with Crippen LogP contribution in [0.3, 0.4) is 0 Å². The molecule has 106 valence electrons. The number of amides is 1. The van der Waals surface area contributed by atoms with Crippen molar-refractivity contribution in [2.45, 2.75) is 38.4 Å². The van der Waals surface area contributed by atoms with E-state index < -0.39 is 0 Å². The van der Waals surface area contributed by atoms with Gasteiger partial charge in [0.1, 0.15) is 5.69 Å². The maximum absolute atomic E-state index is 12.4. The van der Waals surface area contributed by atoms with Gasteiger partial charge in [-0.25, -0.2) is 0 Å². The number of nitrogens with one attached hydrogen (secondary N) is 1. The predicted molar refractivity (Wildman–Crippen MR) is 79.6 cm³/mol. The molecule has 1 amide bonds. The topological polar surface area (TPSA) is 51.9 Å². The Morgan fingerprint density at radius 1 is 1.60 bits per heavy atom. The van der Waals surface area contributed by atoms with E-state index in [-0.39, 0.29) is 11.9 Å². The van der Waals surface area contributed by atoms with Gasteiger partial charge in [0, 0.05) is 35.1 Å². The van der Waals surface area contributed by atoms with Gasteiger partial charge < -0.3 is 9.88 Å². The summed E-state index contributed by atoms with van der Waals surface area (Å²) in [6, 6.07) is 4.28. The third-order valence-corrected chi connectivity index (χ3v) is 3.82. The average Bonchev–Trinajstić information content (AvgIpc) is 2.98. The number of carbonyl (C=O) groups is 1. The van der Waals surface area contributed by atoms with Crippen molar-refractivity contribution < 1.29 is 4.79 Å². The lowest BCUT2D eigenvalue weighted by molar-refractivity contribution is 0.0926. The summed E-state index contributed by atoms with van der Waals surface area (Å²) in [5.41, 5.74) is 0.728. The van der Waals surface area contributed by atoms with Crippen molar-refractivity contribution in [3.8, 4) is 0 Å². The molecule has 0 spiro atoms. The second-order valence-corrected chi connectivity index (χ2v) is 6.20. The van der Waals surface area contributed by atoms with E-state index in [1.165, 1.54) is 0 Å². The zero-order chi connectivity index (χ0) is 14.1. The number of hydrogen-bond acceptors (Lipinski definition) is 2. The average molecular weight is 337 g/mol. The van der Waals surface area contributed by atoms with Gasteiger partial charge in [-0.2, -0.15) is 5.10 Å². The van der Waals surface area contributed by atoms with Crippen LogP contribution >= 0.6 is 15.9 Å². The van der Waals surface area contributed by atoms with Gasteiger partial charge in [0.2, 0.25) is 0 Å². The van der Waals surface area contributed by atoms with Gasteiger partial charge in [-0.3, -0.25) is 9.48 Å². The van der Waals surface area contributed by atoms with Crippen LogP contribution in [-0.2, 0) is 6.54 Å². The summed E-state index contributed by atoms with van der Waals surface area (Å²) in [7, 11) is 0. The van der Waals surface area contributed by atoms with Gasteiger partial charge in [-0.05, 0) is 47.8 Å². The number of rotatable bonds is 5. The third-order valence-electron chi connectivity index (χ3n) is 3.39. The first-order valence-electron chi connectivity index (χ1n) is 6.79. The zero-order valence-electron chi connectivity index (χ0n) is 11.3. The molecule has 1 atom stereocenters. The molecule has 1 saturated carbocycles. The summed E-state index contributed by atoms with van der Waals surface area (Å²) >= 11 is 3.45. The maximum atomic E-state index is 12.4. The van der Waals surface area contributed by atoms with Crippen molar-refractivity contribution in [1.82, 2.24) is 19.7 Å². The minimum absolute atomic E-state index is 0.0257. The van der Waals surface area contributed by atoms with E-state index in [9.17, 15) is 4.79 Å². The molecule has 2 heterocycles. The van der Waals surface area contributed by atoms with Crippen LogP contribution in [0.4, 0.5) is 0 Å². The number of hydrogen-bond donors (Lipinski definition) is 1. The van der Waals surface area contributed by atoms with Gasteiger partial charge in [0.05, 0.1) is 6.54 Å². The van der Waals surface area contributed by atoms with E-state index in [1.807, 2.05) is 36.1 Å². The maximum Gasteiger partial charge on any atom is 0.268 e. The van der Waals surface area contributed by atoms with Crippen molar-refractivity contribution in [2.75, 3.05) is 0 Å². The first-order valence-corrected chi connectivity index (χ1v) is 7.58. The Hall–Kier alpha value is -1.56. The fourth-order valence-electron chi connectivity index (χ4n) is 2.31. The number of nitrogens with zero attached hydrogens (tertiary/aromatic N) is 3. The SMILES string of the molecule is CC(Cn1cccn1)NC(=O)c1cc(Br)cn1C1CC1. The Morgan fingerprint density at radius 3 is 3.05 bits per heavy atom. The highest BCUT2D eigenvalue weighted by Crippen LogP contribution is 2.37. The molecule has 1 aliphatic rings. The lowest BCUT2D eigenvalue weighted by Crippen LogP contribution is -2.36. The number of aromatic nitrogens is 3. The molecule has 20 heavy (non-hydrogen) atoms. The standard InChI is InChI=1S/C14H17BrN4O/c1-10(8-18-6-2-5-16-18)17-14(20)13-7-11(15)9-19(13)12-3-4-12/h2,5-7,9-10,12H,3-4,8H2,1H3,(H,17,20). The molecule has 5 nitrogen and oxygen atoms in total. The fraction of sp³-hybridized carbons (Fsp3) is 0.429. The van der Waals surface area contributed by atoms with E-state index in [2.05, 4.69) is 30.9 Å². The van der Waals surface area contributed by atoms with Crippen molar-refractivity contribution in [3.05, 3.63) is 40.9 Å². The van der Waals surface area contributed by atoms with Crippen LogP contribution in [0.25, 0.3) is 0 Å². The summed E-state index contributed by atoms with van der Waals surface area (Å²) in [4.78, 5) is 12.4. The Bertz CT molecular complexity index is 601. The molecule has 0 bridgehead atoms. The van der Waals surface area contributed by atoms with Crippen LogP contribution < -0.4 is 5.32 Å². The molecule has 1 fully saturated rings. The predicted octanol–water partition coefficient (Wildman–Crippen LogP) is 2.60. The van der Waals surface area contributed by atoms with Gasteiger partial charge in [-0.1, -0.05) is 0 Å². The molecule has 6 heteroatoms. The first kappa shape index (κ1) is 13.4. The van der Waals surface area contributed by atoms with Crippen LogP contribution in [0.2, 0.25) is 0 Å². The normalized spacial score (nSPS) is 16.1. The highest BCUT2D eigenvalue weighted by atomic mass is 79.9. The van der Waals surface area contributed by atoms with Crippen LogP contribution in [0.15, 0.2) is 35.2 Å². The second kappa shape index (κ2) is 5.44. The summed E-state index contributed by atoms with van der Waals surface area (Å²) in [6.45, 7) is 2.66. The quantitative estimate of drug-likeness (QED) is 0.912. The zero-order valence-corrected chi connectivity index (χ0v) is 12.9. The lowest BCUT2D eigenvalue weighted by atomic mass is 10.3. The molecule has 1 aliphatic carbocycles. The van der Waals surface area contributed by atoms with E-state index in [0.29, 0.717) is 12.6 Å². The minimum Gasteiger partial charge on any atom is -0.346 e. The van der Waals surface area contributed by atoms with Crippen molar-refractivity contribution >= 4 is 21.8 Å². The molecule has 2 aromatic rings. The molecule has 2 aromatic heterocycles. The number of halogens is 1. The Balaban J connectivity index is 1.66. The van der Waals surface area contributed by atoms with Gasteiger partial charge >= 0.3 is 0 Å². The van der Waals surface area contributed by atoms with Gasteiger partial charge in [-0.15, -0.1) is 0 Å². The first-order chi connectivity index (χ1) is 9.63. The van der Waals surface area contributed by atoms with E-state index in [4.69, 9.17) is 0 Å². The van der Waals surface area contributed by atoms with Crippen LogP contribution in [0.5, 0.6) is 0 Å². The number of carbonyl (C=O) groups excluding carboxylic acids is 1. The molecular weight excluding hydrogens is 320 g/mol. The second-order valence-electron chi connectivity index (χ2n) is 5.28. The molecular formula is C14H17BrN4O. The molecule has 1 unspecified atom stereocenters. The van der Waals surface area contributed by atoms with Crippen molar-refractivity contribution in [3.63, 3.8) is 0 Å². The van der Waals surface area contributed by atoms with Gasteiger partial charge in [0.15, 0.2) is 0 Å². The summed E-state index contributed by atoms with van der Waals surface area (Å²) in [5, 5.41) is 7.18. The molecule has 1 N–H and O–H groups in total. The largest absolute Gasteiger partial charge is 0.346 e. The van der Waals surface area contributed by atoms with E-state index in [0.717, 1.165) is 23.0 Å². The summed E-state index contributed by atoms with van der Waals surface area (Å²) in [6.07, 6.45) is 7.94. The third kappa shape index (κ3) is 2.95. The Morgan fingerprint density at radius 2 is 2.40 bits per heavy atom. The van der Waals surface area contributed by atoms with E-state index >= 15 is 0 Å². The summed E-state index contributed by atoms with van der Waals surface area (Å²) in [5.74, 6) is -0.0257. The molecule has 0 saturated heterocycles. The highest BCUT2D eigenvalue weighted by Gasteiger charge is 2.28. The molecule has 0 aliphatic heterocycles. The monoisotopic (exact) mass is 336 g/mol. The highest BCUT2D eigenvalue weighted by molar-refractivity contribution is 9.10. The summed E-state index contributed by atoms with van der Waals surface area (Å²) < 4.78 is 4.84. The van der Waals surface area contributed by atoms with Crippen LogP contribution in [-0.4, -0.2) is 26.3 Å². The van der Waals surface area contributed by atoms with Crippen molar-refractivity contribution in [2.24, 2.45) is 0 Å². The Labute approximate surface area is 126 Å². The Kier molecular flexibility index (Phi) is 3.65. The minimum atomic E-state index is -0.0257. The van der Waals surface area contributed by atoms with Crippen LogP contribution in [0, 0.1) is 0 Å². The van der Waals surface area contributed by atoms with Crippen molar-refractivity contribution in [1.29, 1.82) is 0 Å².